The van der Waals surface area contributed by atoms with Crippen molar-refractivity contribution in [3.63, 3.8) is 0 Å². The number of fused-ring (bicyclic) bond motifs is 2. The fraction of sp³-hybridized carbons (Fsp3) is 0.400. The van der Waals surface area contributed by atoms with Crippen molar-refractivity contribution in [3.05, 3.63) is 63.5 Å². The van der Waals surface area contributed by atoms with E-state index in [4.69, 9.17) is 0 Å². The van der Waals surface area contributed by atoms with Crippen LogP contribution in [0.4, 0.5) is 0 Å². The maximum atomic E-state index is 12.5. The van der Waals surface area contributed by atoms with Crippen molar-refractivity contribution in [2.24, 2.45) is 7.05 Å². The molecule has 1 aliphatic rings. The normalized spacial score (nSPS) is 15.0. The van der Waals surface area contributed by atoms with Crippen molar-refractivity contribution in [1.82, 2.24) is 19.4 Å². The first-order valence-electron chi connectivity index (χ1n) is 8.90. The van der Waals surface area contributed by atoms with Crippen LogP contribution < -0.4 is 5.56 Å². The summed E-state index contributed by atoms with van der Waals surface area (Å²) in [5, 5.41) is 1.29. The third-order valence-electron chi connectivity index (χ3n) is 5.09. The summed E-state index contributed by atoms with van der Waals surface area (Å²) in [6, 6.07) is 8.47. The molecular weight excluding hydrogens is 312 g/mol. The third-order valence-corrected chi connectivity index (χ3v) is 5.09. The van der Waals surface area contributed by atoms with E-state index in [1.165, 1.54) is 16.5 Å². The standard InChI is InChI=1S/C20H24N4O/c1-13(2)19-21-17-8-9-24(12-16(17)20(25)22-19)11-14-10-23(3)18-7-5-4-6-15(14)18/h4-7,10,13H,8-9,11-12H2,1-3H3,(H,21,22,25). The minimum atomic E-state index is 0.0244. The predicted molar refractivity (Wildman–Crippen MR) is 99.7 cm³/mol. The van der Waals surface area contributed by atoms with E-state index in [0.29, 0.717) is 6.54 Å². The highest BCUT2D eigenvalue weighted by molar-refractivity contribution is 5.83. The Morgan fingerprint density at radius 3 is 2.88 bits per heavy atom. The summed E-state index contributed by atoms with van der Waals surface area (Å²) in [5.74, 6) is 1.04. The molecule has 0 saturated heterocycles. The molecule has 0 saturated carbocycles. The molecule has 4 rings (SSSR count). The molecule has 0 fully saturated rings. The van der Waals surface area contributed by atoms with Gasteiger partial charge in [0.25, 0.3) is 5.56 Å². The number of aromatic nitrogens is 3. The molecule has 0 radical (unpaired) electrons. The van der Waals surface area contributed by atoms with Crippen LogP contribution in [0.3, 0.4) is 0 Å². The summed E-state index contributed by atoms with van der Waals surface area (Å²) < 4.78 is 2.17. The summed E-state index contributed by atoms with van der Waals surface area (Å²) in [5.41, 5.74) is 4.38. The molecule has 0 bridgehead atoms. The van der Waals surface area contributed by atoms with Crippen molar-refractivity contribution in [2.75, 3.05) is 6.54 Å². The number of aryl methyl sites for hydroxylation is 1. The lowest BCUT2D eigenvalue weighted by atomic mass is 10.0. The lowest BCUT2D eigenvalue weighted by Gasteiger charge is -2.27. The molecule has 3 heterocycles. The molecule has 130 valence electrons. The van der Waals surface area contributed by atoms with Crippen LogP contribution in [0.25, 0.3) is 10.9 Å². The summed E-state index contributed by atoms with van der Waals surface area (Å²) >= 11 is 0. The maximum Gasteiger partial charge on any atom is 0.255 e. The van der Waals surface area contributed by atoms with Crippen LogP contribution >= 0.6 is 0 Å². The van der Waals surface area contributed by atoms with Gasteiger partial charge in [-0.25, -0.2) is 4.98 Å². The number of hydrogen-bond donors (Lipinski definition) is 1. The molecule has 2 aromatic heterocycles. The van der Waals surface area contributed by atoms with Gasteiger partial charge >= 0.3 is 0 Å². The molecule has 1 N–H and O–H groups in total. The van der Waals surface area contributed by atoms with Crippen molar-refractivity contribution >= 4 is 10.9 Å². The summed E-state index contributed by atoms with van der Waals surface area (Å²) in [7, 11) is 2.08. The van der Waals surface area contributed by atoms with Gasteiger partial charge in [0.2, 0.25) is 0 Å². The Balaban J connectivity index is 1.61. The van der Waals surface area contributed by atoms with Gasteiger partial charge in [0.05, 0.1) is 11.3 Å². The summed E-state index contributed by atoms with van der Waals surface area (Å²) in [4.78, 5) is 22.5. The lowest BCUT2D eigenvalue weighted by molar-refractivity contribution is 0.242. The Labute approximate surface area is 147 Å². The number of para-hydroxylation sites is 1. The largest absolute Gasteiger partial charge is 0.350 e. The Bertz CT molecular complexity index is 983. The predicted octanol–water partition coefficient (Wildman–Crippen LogP) is 2.94. The minimum absolute atomic E-state index is 0.0244. The van der Waals surface area contributed by atoms with Gasteiger partial charge < -0.3 is 9.55 Å². The van der Waals surface area contributed by atoms with Crippen molar-refractivity contribution < 1.29 is 0 Å². The summed E-state index contributed by atoms with van der Waals surface area (Å²) in [6.45, 7) is 6.57. The molecule has 0 aliphatic carbocycles. The van der Waals surface area contributed by atoms with E-state index >= 15 is 0 Å². The SMILES string of the molecule is CC(C)c1nc2c(c(=O)[nH]1)CN(Cc1cn(C)c3ccccc13)CC2. The summed E-state index contributed by atoms with van der Waals surface area (Å²) in [6.07, 6.45) is 3.04. The van der Waals surface area contributed by atoms with Crippen molar-refractivity contribution in [2.45, 2.75) is 39.3 Å². The molecule has 0 amide bonds. The molecule has 5 heteroatoms. The molecule has 1 aliphatic heterocycles. The van der Waals surface area contributed by atoms with E-state index in [1.807, 2.05) is 0 Å². The van der Waals surface area contributed by atoms with Crippen LogP contribution in [-0.4, -0.2) is 26.0 Å². The first-order chi connectivity index (χ1) is 12.0. The van der Waals surface area contributed by atoms with E-state index in [1.54, 1.807) is 0 Å². The second-order valence-corrected chi connectivity index (χ2v) is 7.27. The van der Waals surface area contributed by atoms with Gasteiger partial charge in [-0.05, 0) is 11.6 Å². The lowest BCUT2D eigenvalue weighted by Crippen LogP contribution is -2.35. The number of hydrogen-bond acceptors (Lipinski definition) is 3. The average Bonchev–Trinajstić information content (AvgIpc) is 2.91. The van der Waals surface area contributed by atoms with Gasteiger partial charge in [0.1, 0.15) is 5.82 Å². The van der Waals surface area contributed by atoms with Crippen LogP contribution in [0.15, 0.2) is 35.3 Å². The number of H-pyrrole nitrogens is 1. The Hall–Kier alpha value is -2.40. The zero-order valence-electron chi connectivity index (χ0n) is 15.0. The minimum Gasteiger partial charge on any atom is -0.350 e. The van der Waals surface area contributed by atoms with Crippen LogP contribution in [0.5, 0.6) is 0 Å². The second-order valence-electron chi connectivity index (χ2n) is 7.27. The van der Waals surface area contributed by atoms with E-state index in [0.717, 1.165) is 36.6 Å². The molecule has 5 nitrogen and oxygen atoms in total. The number of nitrogens with zero attached hydrogens (tertiary/aromatic N) is 3. The van der Waals surface area contributed by atoms with Crippen LogP contribution in [0.1, 0.15) is 42.4 Å². The molecule has 25 heavy (non-hydrogen) atoms. The van der Waals surface area contributed by atoms with Gasteiger partial charge in [0.15, 0.2) is 0 Å². The fourth-order valence-electron chi connectivity index (χ4n) is 3.70. The molecule has 1 aromatic carbocycles. The average molecular weight is 336 g/mol. The number of benzene rings is 1. The third kappa shape index (κ3) is 2.89. The molecule has 0 spiro atoms. The van der Waals surface area contributed by atoms with Crippen LogP contribution in [-0.2, 0) is 26.6 Å². The molecule has 0 unspecified atom stereocenters. The van der Waals surface area contributed by atoms with Gasteiger partial charge in [-0.1, -0.05) is 32.0 Å². The van der Waals surface area contributed by atoms with Gasteiger partial charge in [-0.2, -0.15) is 0 Å². The van der Waals surface area contributed by atoms with Crippen LogP contribution in [0.2, 0.25) is 0 Å². The van der Waals surface area contributed by atoms with E-state index in [2.05, 4.69) is 70.8 Å². The topological polar surface area (TPSA) is 53.9 Å². The van der Waals surface area contributed by atoms with E-state index < -0.39 is 0 Å². The highest BCUT2D eigenvalue weighted by Gasteiger charge is 2.22. The second kappa shape index (κ2) is 6.15. The number of aromatic amines is 1. The molecular formula is C20H24N4O. The Morgan fingerprint density at radius 2 is 2.08 bits per heavy atom. The van der Waals surface area contributed by atoms with Crippen molar-refractivity contribution in [3.8, 4) is 0 Å². The maximum absolute atomic E-state index is 12.5. The van der Waals surface area contributed by atoms with Crippen molar-refractivity contribution in [1.29, 1.82) is 0 Å². The monoisotopic (exact) mass is 336 g/mol. The zero-order chi connectivity index (χ0) is 17.6. The van der Waals surface area contributed by atoms with E-state index in [-0.39, 0.29) is 11.5 Å². The zero-order valence-corrected chi connectivity index (χ0v) is 15.0. The first-order valence-corrected chi connectivity index (χ1v) is 8.90. The smallest absolute Gasteiger partial charge is 0.255 e. The number of rotatable bonds is 3. The number of nitrogens with one attached hydrogen (secondary N) is 1. The Morgan fingerprint density at radius 1 is 1.28 bits per heavy atom. The highest BCUT2D eigenvalue weighted by Crippen LogP contribution is 2.24. The van der Waals surface area contributed by atoms with Crippen LogP contribution in [0, 0.1) is 0 Å². The molecule has 0 atom stereocenters. The quantitative estimate of drug-likeness (QED) is 0.800. The fourth-order valence-corrected chi connectivity index (χ4v) is 3.70. The van der Waals surface area contributed by atoms with Gasteiger partial charge in [0, 0.05) is 56.1 Å². The Kier molecular flexibility index (Phi) is 3.96. The van der Waals surface area contributed by atoms with Gasteiger partial charge in [-0.15, -0.1) is 0 Å². The van der Waals surface area contributed by atoms with E-state index in [9.17, 15) is 4.79 Å². The van der Waals surface area contributed by atoms with Gasteiger partial charge in [-0.3, -0.25) is 9.69 Å². The highest BCUT2D eigenvalue weighted by atomic mass is 16.1. The first kappa shape index (κ1) is 16.1. The molecule has 3 aromatic rings.